The van der Waals surface area contributed by atoms with Gasteiger partial charge in [0.1, 0.15) is 29.4 Å². The van der Waals surface area contributed by atoms with Gasteiger partial charge in [-0.2, -0.15) is 18.2 Å². The molecule has 1 fully saturated rings. The summed E-state index contributed by atoms with van der Waals surface area (Å²) in [6.07, 6.45) is -4.95. The lowest BCUT2D eigenvalue weighted by Gasteiger charge is -2.34. The molecule has 1 aliphatic rings. The van der Waals surface area contributed by atoms with Gasteiger partial charge in [-0.05, 0) is 86.5 Å². The number of alkyl halides is 4. The number of amides is 3. The van der Waals surface area contributed by atoms with Gasteiger partial charge in [-0.15, -0.1) is 5.10 Å². The van der Waals surface area contributed by atoms with E-state index < -0.39 is 54.3 Å². The van der Waals surface area contributed by atoms with Crippen LogP contribution in [0.15, 0.2) is 85.1 Å². The smallest absolute Gasteiger partial charge is 0.422 e. The molecule has 1 atom stereocenters. The highest BCUT2D eigenvalue weighted by molar-refractivity contribution is 5.97. The predicted molar refractivity (Wildman–Crippen MR) is 188 cm³/mol. The first-order valence-corrected chi connectivity index (χ1v) is 16.6. The summed E-state index contributed by atoms with van der Waals surface area (Å²) in [5.41, 5.74) is 1.86. The second kappa shape index (κ2) is 15.0. The summed E-state index contributed by atoms with van der Waals surface area (Å²) < 4.78 is 77.8. The molecule has 0 unspecified atom stereocenters. The molecule has 17 heteroatoms. The van der Waals surface area contributed by atoms with E-state index in [0.29, 0.717) is 22.5 Å². The van der Waals surface area contributed by atoms with Crippen molar-refractivity contribution in [3.05, 3.63) is 102 Å². The van der Waals surface area contributed by atoms with Gasteiger partial charge in [0.2, 0.25) is 5.95 Å². The van der Waals surface area contributed by atoms with Crippen LogP contribution in [-0.2, 0) is 9.53 Å². The minimum atomic E-state index is -4.65. The van der Waals surface area contributed by atoms with Crippen LogP contribution in [0.5, 0.6) is 5.75 Å². The quantitative estimate of drug-likeness (QED) is 0.127. The van der Waals surface area contributed by atoms with E-state index >= 15 is 0 Å². The fraction of sp³-hybridized carbons (Fsp3) is 0.270. The number of likely N-dealkylation sites (tertiary alicyclic amines) is 1. The van der Waals surface area contributed by atoms with E-state index in [0.717, 1.165) is 11.6 Å². The van der Waals surface area contributed by atoms with Gasteiger partial charge >= 0.3 is 12.3 Å². The number of carbonyl (C=O) groups excluding carboxylic acids is 3. The third kappa shape index (κ3) is 9.39. The van der Waals surface area contributed by atoms with Gasteiger partial charge < -0.3 is 30.3 Å². The van der Waals surface area contributed by atoms with Crippen LogP contribution in [0.25, 0.3) is 16.8 Å². The Morgan fingerprint density at radius 1 is 0.926 bits per heavy atom. The maximum atomic E-state index is 13.6. The Morgan fingerprint density at radius 3 is 2.26 bits per heavy atom. The average Bonchev–Trinajstić information content (AvgIpc) is 3.50. The first-order valence-electron chi connectivity index (χ1n) is 16.6. The molecule has 3 heterocycles. The highest BCUT2D eigenvalue weighted by atomic mass is 19.4. The number of hydrogen-bond acceptors (Lipinski definition) is 8. The number of pyridine rings is 1. The number of hydrogen-bond donors (Lipinski definition) is 3. The first kappa shape index (κ1) is 37.5. The van der Waals surface area contributed by atoms with Crippen LogP contribution in [0.2, 0.25) is 0 Å². The summed E-state index contributed by atoms with van der Waals surface area (Å²) in [7, 11) is 0. The fourth-order valence-electron chi connectivity index (χ4n) is 5.38. The normalized spacial score (nSPS) is 13.9. The molecular weight excluding hydrogens is 717 g/mol. The summed E-state index contributed by atoms with van der Waals surface area (Å²) in [6, 6.07) is 18.1. The molecule has 0 aliphatic carbocycles. The number of benzene rings is 3. The first-order chi connectivity index (χ1) is 25.5. The zero-order chi connectivity index (χ0) is 38.8. The molecule has 0 saturated carbocycles. The van der Waals surface area contributed by atoms with Crippen LogP contribution in [0, 0.1) is 5.82 Å². The maximum absolute atomic E-state index is 13.6. The van der Waals surface area contributed by atoms with Crippen molar-refractivity contribution >= 4 is 40.9 Å². The molecule has 54 heavy (non-hydrogen) atoms. The van der Waals surface area contributed by atoms with E-state index in [1.54, 1.807) is 63.4 Å². The van der Waals surface area contributed by atoms with Crippen LogP contribution >= 0.6 is 0 Å². The topological polar surface area (TPSA) is 139 Å². The molecule has 3 N–H and O–H groups in total. The van der Waals surface area contributed by atoms with Crippen LogP contribution in [0.4, 0.5) is 44.1 Å². The van der Waals surface area contributed by atoms with Crippen molar-refractivity contribution in [2.45, 2.75) is 44.8 Å². The van der Waals surface area contributed by atoms with E-state index in [1.165, 1.54) is 45.8 Å². The van der Waals surface area contributed by atoms with Crippen LogP contribution in [0.1, 0.15) is 42.7 Å². The lowest BCUT2D eigenvalue weighted by molar-refractivity contribution is -0.153. The average molecular weight is 752 g/mol. The van der Waals surface area contributed by atoms with Gasteiger partial charge in [0.15, 0.2) is 12.3 Å². The number of alkyl carbamates (subject to hydrolysis) is 1. The second-order valence-corrected chi connectivity index (χ2v) is 13.4. The SMILES string of the molecule is CC(C)(C)OC(=O)N[C@@H](C(=O)Nc1ccc(-c2ccc3nc(Nc4ccc(C(=O)N5CC(F)C5)cc4OCC(F)(F)F)nn3c2)cc1)c1ccc(F)cc1. The Morgan fingerprint density at radius 2 is 1.61 bits per heavy atom. The summed E-state index contributed by atoms with van der Waals surface area (Å²) in [4.78, 5) is 44.2. The van der Waals surface area contributed by atoms with Gasteiger partial charge in [-0.25, -0.2) is 18.1 Å². The van der Waals surface area contributed by atoms with Crippen molar-refractivity contribution in [1.82, 2.24) is 24.8 Å². The van der Waals surface area contributed by atoms with Crippen molar-refractivity contribution in [1.29, 1.82) is 0 Å². The maximum Gasteiger partial charge on any atom is 0.422 e. The number of fused-ring (bicyclic) bond motifs is 1. The number of nitrogens with zero attached hydrogens (tertiary/aromatic N) is 4. The minimum Gasteiger partial charge on any atom is -0.482 e. The Labute approximate surface area is 305 Å². The molecule has 282 valence electrons. The van der Waals surface area contributed by atoms with Gasteiger partial charge in [-0.1, -0.05) is 24.3 Å². The van der Waals surface area contributed by atoms with E-state index in [4.69, 9.17) is 9.47 Å². The molecule has 3 amide bonds. The molecule has 0 bridgehead atoms. The Bertz CT molecular complexity index is 2160. The number of ether oxygens (including phenoxy) is 2. The molecular formula is C37H34F5N7O5. The Kier molecular flexibility index (Phi) is 10.4. The third-order valence-electron chi connectivity index (χ3n) is 7.93. The largest absolute Gasteiger partial charge is 0.482 e. The van der Waals surface area contributed by atoms with Crippen molar-refractivity contribution < 1.29 is 45.8 Å². The van der Waals surface area contributed by atoms with E-state index in [-0.39, 0.29) is 36.0 Å². The van der Waals surface area contributed by atoms with E-state index in [9.17, 15) is 36.3 Å². The number of anilines is 3. The lowest BCUT2D eigenvalue weighted by atomic mass is 10.1. The number of rotatable bonds is 10. The molecule has 1 aliphatic heterocycles. The lowest BCUT2D eigenvalue weighted by Crippen LogP contribution is -2.51. The summed E-state index contributed by atoms with van der Waals surface area (Å²) in [5.74, 6) is -1.88. The molecule has 5 aromatic rings. The second-order valence-electron chi connectivity index (χ2n) is 13.4. The zero-order valence-corrected chi connectivity index (χ0v) is 29.1. The molecule has 12 nitrogen and oxygen atoms in total. The van der Waals surface area contributed by atoms with E-state index in [2.05, 4.69) is 26.0 Å². The highest BCUT2D eigenvalue weighted by Crippen LogP contribution is 2.32. The molecule has 2 aromatic heterocycles. The van der Waals surface area contributed by atoms with Crippen LogP contribution in [-0.4, -0.2) is 75.1 Å². The summed E-state index contributed by atoms with van der Waals surface area (Å²) in [6.45, 7) is 3.23. The van der Waals surface area contributed by atoms with Crippen LogP contribution < -0.4 is 20.7 Å². The van der Waals surface area contributed by atoms with Crippen molar-refractivity contribution in [3.8, 4) is 16.9 Å². The number of carbonyl (C=O) groups is 3. The number of nitrogens with one attached hydrogen (secondary N) is 3. The van der Waals surface area contributed by atoms with Gasteiger partial charge in [0.25, 0.3) is 11.8 Å². The van der Waals surface area contributed by atoms with Gasteiger partial charge in [0, 0.05) is 23.0 Å². The van der Waals surface area contributed by atoms with Crippen LogP contribution in [0.3, 0.4) is 0 Å². The summed E-state index contributed by atoms with van der Waals surface area (Å²) >= 11 is 0. The minimum absolute atomic E-state index is 0.0276. The monoisotopic (exact) mass is 751 g/mol. The zero-order valence-electron chi connectivity index (χ0n) is 29.1. The number of aromatic nitrogens is 3. The van der Waals surface area contributed by atoms with E-state index in [1.807, 2.05) is 0 Å². The molecule has 0 spiro atoms. The Hall–Kier alpha value is -6.26. The molecule has 0 radical (unpaired) electrons. The fourth-order valence-corrected chi connectivity index (χ4v) is 5.38. The van der Waals surface area contributed by atoms with Crippen molar-refractivity contribution in [3.63, 3.8) is 0 Å². The Balaban J connectivity index is 1.16. The molecule has 3 aromatic carbocycles. The van der Waals surface area contributed by atoms with Gasteiger partial charge in [0.05, 0.1) is 18.8 Å². The van der Waals surface area contributed by atoms with Gasteiger partial charge in [-0.3, -0.25) is 9.59 Å². The van der Waals surface area contributed by atoms with Crippen molar-refractivity contribution in [2.24, 2.45) is 0 Å². The standard InChI is InChI=1S/C37H34F5N7O5/c1-36(2,3)54-35(52)46-31(22-4-10-25(38)11-5-22)32(50)43-27-12-6-21(7-13-27)24-9-15-30-45-34(47-49(30)17-24)44-28-14-8-23(33(51)48-18-26(39)19-48)16-29(28)53-20-37(40,41)42/h4-17,26,31H,18-20H2,1-3H3,(H,43,50)(H,44,47)(H,46,52)/t31-/m1/s1. The third-order valence-corrected chi connectivity index (χ3v) is 7.93. The molecule has 6 rings (SSSR count). The predicted octanol–water partition coefficient (Wildman–Crippen LogP) is 7.22. The number of halogens is 5. The highest BCUT2D eigenvalue weighted by Gasteiger charge is 2.33. The molecule has 1 saturated heterocycles. The summed E-state index contributed by atoms with van der Waals surface area (Å²) in [5, 5.41) is 12.5. The van der Waals surface area contributed by atoms with Crippen molar-refractivity contribution in [2.75, 3.05) is 30.3 Å².